The Kier molecular flexibility index (Phi) is 4.62. The van der Waals surface area contributed by atoms with Gasteiger partial charge < -0.3 is 9.72 Å². The molecule has 2 aromatic rings. The molecule has 1 aliphatic rings. The van der Waals surface area contributed by atoms with E-state index in [1.807, 2.05) is 18.3 Å². The number of nitrogens with one attached hydrogen (secondary N) is 1. The first kappa shape index (κ1) is 14.2. The highest BCUT2D eigenvalue weighted by Crippen LogP contribution is 2.16. The predicted octanol–water partition coefficient (Wildman–Crippen LogP) is 2.73. The highest BCUT2D eigenvalue weighted by Gasteiger charge is 2.19. The normalized spacial score (nSPS) is 18.5. The van der Waals surface area contributed by atoms with E-state index >= 15 is 0 Å². The number of H-pyrrole nitrogens is 1. The van der Waals surface area contributed by atoms with E-state index in [4.69, 9.17) is 4.74 Å². The number of halogens is 1. The number of hydrogen-bond donors (Lipinski definition) is 1. The second kappa shape index (κ2) is 6.83. The number of imidazole rings is 1. The second-order valence-corrected chi connectivity index (χ2v) is 5.51. The molecule has 0 aliphatic carbocycles. The summed E-state index contributed by atoms with van der Waals surface area (Å²) in [6.45, 7) is 3.31. The van der Waals surface area contributed by atoms with Crippen LogP contribution in [0.5, 0.6) is 0 Å². The molecule has 1 aromatic heterocycles. The van der Waals surface area contributed by atoms with E-state index in [0.29, 0.717) is 6.10 Å². The lowest BCUT2D eigenvalue weighted by Crippen LogP contribution is -2.31. The highest BCUT2D eigenvalue weighted by molar-refractivity contribution is 5.16. The third kappa shape index (κ3) is 4.12. The van der Waals surface area contributed by atoms with Crippen LogP contribution < -0.4 is 0 Å². The molecule has 4 nitrogen and oxygen atoms in total. The molecule has 0 spiro atoms. The number of aromatic amines is 1. The Morgan fingerprint density at radius 2 is 2.14 bits per heavy atom. The molecule has 1 fully saturated rings. The number of benzene rings is 1. The molecule has 1 atom stereocenters. The fraction of sp³-hybridized carbons (Fsp3) is 0.438. The summed E-state index contributed by atoms with van der Waals surface area (Å²) in [5.41, 5.74) is 2.18. The molecule has 2 heterocycles. The largest absolute Gasteiger partial charge is 0.377 e. The van der Waals surface area contributed by atoms with E-state index in [9.17, 15) is 4.39 Å². The molecule has 3 rings (SSSR count). The maximum Gasteiger partial charge on any atom is 0.123 e. The summed E-state index contributed by atoms with van der Waals surface area (Å²) < 4.78 is 18.7. The average Bonchev–Trinajstić information content (AvgIpc) is 3.15. The minimum absolute atomic E-state index is 0.196. The Labute approximate surface area is 124 Å². The van der Waals surface area contributed by atoms with Crippen LogP contribution in [0.4, 0.5) is 4.39 Å². The zero-order valence-corrected chi connectivity index (χ0v) is 12.0. The quantitative estimate of drug-likeness (QED) is 0.889. The Morgan fingerprint density at radius 1 is 1.29 bits per heavy atom. The van der Waals surface area contributed by atoms with Crippen molar-refractivity contribution in [3.05, 3.63) is 53.9 Å². The fourth-order valence-electron chi connectivity index (χ4n) is 2.72. The van der Waals surface area contributed by atoms with Gasteiger partial charge in [-0.05, 0) is 30.5 Å². The van der Waals surface area contributed by atoms with Crippen molar-refractivity contribution in [2.45, 2.75) is 32.0 Å². The van der Waals surface area contributed by atoms with Crippen molar-refractivity contribution in [3.63, 3.8) is 0 Å². The highest BCUT2D eigenvalue weighted by atomic mass is 19.1. The molecule has 0 unspecified atom stereocenters. The Hall–Kier alpha value is -1.72. The zero-order chi connectivity index (χ0) is 14.5. The van der Waals surface area contributed by atoms with Crippen LogP contribution in [0, 0.1) is 5.82 Å². The number of hydrogen-bond acceptors (Lipinski definition) is 3. The lowest BCUT2D eigenvalue weighted by molar-refractivity contribution is 0.0675. The maximum atomic E-state index is 13.0. The van der Waals surface area contributed by atoms with Crippen LogP contribution in [0.1, 0.15) is 24.1 Å². The van der Waals surface area contributed by atoms with Gasteiger partial charge in [-0.15, -0.1) is 0 Å². The summed E-state index contributed by atoms with van der Waals surface area (Å²) in [5, 5.41) is 0. The standard InChI is InChI=1S/C16H20FN3O/c17-14-5-3-13(4-6-14)9-20(10-15-8-18-12-19-15)11-16-2-1-7-21-16/h3-6,8,12,16H,1-2,7,9-11H2,(H,18,19)/t16-/m1/s1. The number of rotatable bonds is 6. The summed E-state index contributed by atoms with van der Waals surface area (Å²) in [6.07, 6.45) is 6.08. The minimum Gasteiger partial charge on any atom is -0.377 e. The molecule has 5 heteroatoms. The van der Waals surface area contributed by atoms with Crippen LogP contribution in [-0.2, 0) is 17.8 Å². The molecule has 1 aliphatic heterocycles. The van der Waals surface area contributed by atoms with Gasteiger partial charge in [0, 0.05) is 38.1 Å². The van der Waals surface area contributed by atoms with Crippen molar-refractivity contribution >= 4 is 0 Å². The molecule has 0 radical (unpaired) electrons. The maximum absolute atomic E-state index is 13.0. The zero-order valence-electron chi connectivity index (χ0n) is 12.0. The van der Waals surface area contributed by atoms with E-state index in [1.165, 1.54) is 12.1 Å². The molecular weight excluding hydrogens is 269 g/mol. The van der Waals surface area contributed by atoms with Crippen LogP contribution in [0.2, 0.25) is 0 Å². The van der Waals surface area contributed by atoms with E-state index in [-0.39, 0.29) is 5.82 Å². The fourth-order valence-corrected chi connectivity index (χ4v) is 2.72. The molecule has 0 amide bonds. The summed E-state index contributed by atoms with van der Waals surface area (Å²) in [4.78, 5) is 9.51. The molecule has 1 aromatic carbocycles. The van der Waals surface area contributed by atoms with Crippen molar-refractivity contribution in [3.8, 4) is 0 Å². The smallest absolute Gasteiger partial charge is 0.123 e. The van der Waals surface area contributed by atoms with Crippen LogP contribution in [0.3, 0.4) is 0 Å². The molecule has 0 bridgehead atoms. The topological polar surface area (TPSA) is 41.2 Å². The number of aromatic nitrogens is 2. The first-order valence-electron chi connectivity index (χ1n) is 7.35. The van der Waals surface area contributed by atoms with Gasteiger partial charge in [0.15, 0.2) is 0 Å². The predicted molar refractivity (Wildman–Crippen MR) is 78.1 cm³/mol. The van der Waals surface area contributed by atoms with E-state index in [1.54, 1.807) is 6.33 Å². The third-order valence-corrected chi connectivity index (χ3v) is 3.75. The molecule has 1 N–H and O–H groups in total. The third-order valence-electron chi connectivity index (χ3n) is 3.75. The summed E-state index contributed by atoms with van der Waals surface area (Å²) in [5.74, 6) is -0.196. The summed E-state index contributed by atoms with van der Waals surface area (Å²) >= 11 is 0. The molecule has 21 heavy (non-hydrogen) atoms. The van der Waals surface area contributed by atoms with Gasteiger partial charge in [-0.3, -0.25) is 4.90 Å². The number of nitrogens with zero attached hydrogens (tertiary/aromatic N) is 2. The second-order valence-electron chi connectivity index (χ2n) is 5.51. The van der Waals surface area contributed by atoms with Crippen molar-refractivity contribution in [2.75, 3.05) is 13.2 Å². The van der Waals surface area contributed by atoms with E-state index in [0.717, 1.165) is 50.3 Å². The van der Waals surface area contributed by atoms with Crippen molar-refractivity contribution in [1.29, 1.82) is 0 Å². The van der Waals surface area contributed by atoms with Crippen LogP contribution >= 0.6 is 0 Å². The van der Waals surface area contributed by atoms with Gasteiger partial charge in [-0.2, -0.15) is 0 Å². The van der Waals surface area contributed by atoms with Gasteiger partial charge in [0.2, 0.25) is 0 Å². The summed E-state index contributed by atoms with van der Waals surface area (Å²) in [6, 6.07) is 6.70. The lowest BCUT2D eigenvalue weighted by atomic mass is 10.1. The van der Waals surface area contributed by atoms with E-state index < -0.39 is 0 Å². The summed E-state index contributed by atoms with van der Waals surface area (Å²) in [7, 11) is 0. The Balaban J connectivity index is 1.66. The van der Waals surface area contributed by atoms with Gasteiger partial charge in [0.1, 0.15) is 5.82 Å². The Bertz CT molecular complexity index is 535. The van der Waals surface area contributed by atoms with Gasteiger partial charge in [-0.25, -0.2) is 9.37 Å². The van der Waals surface area contributed by atoms with Crippen molar-refractivity contribution in [1.82, 2.24) is 14.9 Å². The van der Waals surface area contributed by atoms with Crippen molar-refractivity contribution < 1.29 is 9.13 Å². The minimum atomic E-state index is -0.196. The van der Waals surface area contributed by atoms with Crippen LogP contribution in [0.25, 0.3) is 0 Å². The van der Waals surface area contributed by atoms with Crippen LogP contribution in [0.15, 0.2) is 36.8 Å². The average molecular weight is 289 g/mol. The molecule has 0 saturated carbocycles. The van der Waals surface area contributed by atoms with Crippen LogP contribution in [-0.4, -0.2) is 34.1 Å². The van der Waals surface area contributed by atoms with Crippen molar-refractivity contribution in [2.24, 2.45) is 0 Å². The van der Waals surface area contributed by atoms with Gasteiger partial charge in [0.25, 0.3) is 0 Å². The SMILES string of the molecule is Fc1ccc(CN(Cc2cnc[nH]2)C[C@H]2CCCO2)cc1. The number of ether oxygens (including phenoxy) is 1. The first-order valence-corrected chi connectivity index (χ1v) is 7.35. The lowest BCUT2D eigenvalue weighted by Gasteiger charge is -2.24. The monoisotopic (exact) mass is 289 g/mol. The molecule has 1 saturated heterocycles. The van der Waals surface area contributed by atoms with Gasteiger partial charge >= 0.3 is 0 Å². The van der Waals surface area contributed by atoms with Gasteiger partial charge in [0.05, 0.1) is 12.4 Å². The molecule has 112 valence electrons. The van der Waals surface area contributed by atoms with E-state index in [2.05, 4.69) is 14.9 Å². The Morgan fingerprint density at radius 3 is 2.81 bits per heavy atom. The van der Waals surface area contributed by atoms with Gasteiger partial charge in [-0.1, -0.05) is 12.1 Å². The first-order chi connectivity index (χ1) is 10.3. The molecular formula is C16H20FN3O.